The fourth-order valence-electron chi connectivity index (χ4n) is 4.49. The Balaban J connectivity index is 1.61. The van der Waals surface area contributed by atoms with Crippen LogP contribution in [0.5, 0.6) is 0 Å². The predicted molar refractivity (Wildman–Crippen MR) is 128 cm³/mol. The SMILES string of the molecule is CNC(=O)c1sc2ccccc2c1C[C@@H]1CCCCCN1Cc1cnc(C(C)C)nc1. The van der Waals surface area contributed by atoms with Crippen LogP contribution in [-0.4, -0.2) is 40.4 Å². The van der Waals surface area contributed by atoms with E-state index in [0.29, 0.717) is 12.0 Å². The molecule has 1 amide bonds. The lowest BCUT2D eigenvalue weighted by Crippen LogP contribution is -2.36. The van der Waals surface area contributed by atoms with Crippen molar-refractivity contribution >= 4 is 27.3 Å². The van der Waals surface area contributed by atoms with E-state index >= 15 is 0 Å². The molecule has 1 aromatic carbocycles. The third-order valence-electron chi connectivity index (χ3n) is 6.20. The van der Waals surface area contributed by atoms with Crippen molar-refractivity contribution in [2.24, 2.45) is 0 Å². The van der Waals surface area contributed by atoms with Crippen LogP contribution in [0.1, 0.15) is 72.1 Å². The number of carbonyl (C=O) groups excluding carboxylic acids is 1. The molecule has 5 nitrogen and oxygen atoms in total. The molecule has 0 saturated carbocycles. The van der Waals surface area contributed by atoms with Gasteiger partial charge in [-0.15, -0.1) is 11.3 Å². The molecule has 2 aromatic heterocycles. The third-order valence-corrected chi connectivity index (χ3v) is 7.41. The number of amides is 1. The summed E-state index contributed by atoms with van der Waals surface area (Å²) in [5, 5.41) is 4.06. The molecule has 6 heteroatoms. The van der Waals surface area contributed by atoms with Gasteiger partial charge in [0.2, 0.25) is 0 Å². The molecule has 1 aliphatic rings. The molecular formula is C25H32N4OS. The van der Waals surface area contributed by atoms with Gasteiger partial charge in [-0.25, -0.2) is 9.97 Å². The summed E-state index contributed by atoms with van der Waals surface area (Å²) in [5.41, 5.74) is 2.36. The number of rotatable bonds is 6. The summed E-state index contributed by atoms with van der Waals surface area (Å²) >= 11 is 1.61. The zero-order valence-corrected chi connectivity index (χ0v) is 19.5. The molecule has 31 heavy (non-hydrogen) atoms. The Bertz CT molecular complexity index is 1030. The summed E-state index contributed by atoms with van der Waals surface area (Å²) in [6.07, 6.45) is 9.75. The van der Waals surface area contributed by atoms with Crippen molar-refractivity contribution < 1.29 is 4.79 Å². The number of aromatic nitrogens is 2. The van der Waals surface area contributed by atoms with Crippen molar-refractivity contribution in [3.05, 3.63) is 58.5 Å². The van der Waals surface area contributed by atoms with Gasteiger partial charge >= 0.3 is 0 Å². The molecule has 1 atom stereocenters. The first kappa shape index (κ1) is 21.9. The molecule has 3 heterocycles. The highest BCUT2D eigenvalue weighted by molar-refractivity contribution is 7.21. The highest BCUT2D eigenvalue weighted by atomic mass is 32.1. The van der Waals surface area contributed by atoms with E-state index in [9.17, 15) is 4.79 Å². The first-order valence-corrected chi connectivity index (χ1v) is 12.2. The van der Waals surface area contributed by atoms with Crippen molar-refractivity contribution in [1.82, 2.24) is 20.2 Å². The molecule has 0 bridgehead atoms. The number of carbonyl (C=O) groups is 1. The third kappa shape index (κ3) is 4.96. The Labute approximate surface area is 188 Å². The molecule has 164 valence electrons. The molecular weight excluding hydrogens is 404 g/mol. The smallest absolute Gasteiger partial charge is 0.261 e. The molecule has 0 aliphatic carbocycles. The Hall–Kier alpha value is -2.31. The van der Waals surface area contributed by atoms with Gasteiger partial charge in [0.05, 0.1) is 4.88 Å². The zero-order chi connectivity index (χ0) is 21.8. The topological polar surface area (TPSA) is 58.1 Å². The van der Waals surface area contributed by atoms with E-state index in [2.05, 4.69) is 58.3 Å². The van der Waals surface area contributed by atoms with Gasteiger partial charge in [-0.2, -0.15) is 0 Å². The van der Waals surface area contributed by atoms with Crippen LogP contribution in [0.4, 0.5) is 0 Å². The summed E-state index contributed by atoms with van der Waals surface area (Å²) in [6, 6.07) is 8.81. The molecule has 1 N–H and O–H groups in total. The van der Waals surface area contributed by atoms with Gasteiger partial charge in [0.15, 0.2) is 0 Å². The van der Waals surface area contributed by atoms with Crippen molar-refractivity contribution in [3.63, 3.8) is 0 Å². The summed E-state index contributed by atoms with van der Waals surface area (Å²) in [5.74, 6) is 1.26. The van der Waals surface area contributed by atoms with Crippen molar-refractivity contribution in [1.29, 1.82) is 0 Å². The van der Waals surface area contributed by atoms with Gasteiger partial charge in [0.1, 0.15) is 5.82 Å². The Morgan fingerprint density at radius 2 is 1.97 bits per heavy atom. The van der Waals surface area contributed by atoms with Gasteiger partial charge in [-0.05, 0) is 42.8 Å². The molecule has 1 fully saturated rings. The molecule has 0 radical (unpaired) electrons. The van der Waals surface area contributed by atoms with Gasteiger partial charge in [-0.3, -0.25) is 9.69 Å². The average Bonchev–Trinajstić information content (AvgIpc) is 3.00. The van der Waals surface area contributed by atoms with E-state index < -0.39 is 0 Å². The largest absolute Gasteiger partial charge is 0.354 e. The second kappa shape index (κ2) is 9.88. The minimum Gasteiger partial charge on any atom is -0.354 e. The highest BCUT2D eigenvalue weighted by Crippen LogP contribution is 2.34. The van der Waals surface area contributed by atoms with Crippen LogP contribution in [-0.2, 0) is 13.0 Å². The Morgan fingerprint density at radius 1 is 1.19 bits per heavy atom. The number of nitrogens with one attached hydrogen (secondary N) is 1. The van der Waals surface area contributed by atoms with E-state index in [1.165, 1.54) is 34.9 Å². The Kier molecular flexibility index (Phi) is 6.98. The molecule has 0 spiro atoms. The van der Waals surface area contributed by atoms with Crippen LogP contribution in [0.15, 0.2) is 36.7 Å². The lowest BCUT2D eigenvalue weighted by atomic mass is 9.97. The number of fused-ring (bicyclic) bond motifs is 1. The first-order valence-electron chi connectivity index (χ1n) is 11.3. The lowest BCUT2D eigenvalue weighted by molar-refractivity contribution is 0.0965. The first-order chi connectivity index (χ1) is 15.1. The summed E-state index contributed by atoms with van der Waals surface area (Å²) in [7, 11) is 1.72. The maximum absolute atomic E-state index is 12.6. The number of thiophene rings is 1. The van der Waals surface area contributed by atoms with Crippen LogP contribution in [0.3, 0.4) is 0 Å². The number of hydrogen-bond donors (Lipinski definition) is 1. The molecule has 1 saturated heterocycles. The maximum atomic E-state index is 12.6. The molecule has 0 unspecified atom stereocenters. The normalized spacial score (nSPS) is 17.7. The number of hydrogen-bond acceptors (Lipinski definition) is 5. The van der Waals surface area contributed by atoms with Crippen LogP contribution in [0, 0.1) is 0 Å². The molecule has 3 aromatic rings. The summed E-state index contributed by atoms with van der Waals surface area (Å²) < 4.78 is 1.19. The predicted octanol–water partition coefficient (Wildman–Crippen LogP) is 5.16. The van der Waals surface area contributed by atoms with Gasteiger partial charge in [0.25, 0.3) is 5.91 Å². The Morgan fingerprint density at radius 3 is 2.71 bits per heavy atom. The average molecular weight is 437 g/mol. The van der Waals surface area contributed by atoms with E-state index in [1.807, 2.05) is 12.4 Å². The summed E-state index contributed by atoms with van der Waals surface area (Å²) in [6.45, 7) is 6.18. The lowest BCUT2D eigenvalue weighted by Gasteiger charge is -2.30. The van der Waals surface area contributed by atoms with Crippen LogP contribution in [0.25, 0.3) is 10.1 Å². The summed E-state index contributed by atoms with van der Waals surface area (Å²) in [4.78, 5) is 25.2. The standard InChI is InChI=1S/C25H32N4OS/c1-17(2)24-27-14-18(15-28-24)16-29-12-8-4-5-9-19(29)13-21-20-10-6-7-11-22(20)31-23(21)25(30)26-3/h6-7,10-11,14-15,17,19H,4-5,8-9,12-13,16H2,1-3H3,(H,26,30)/t19-/m0/s1. The quantitative estimate of drug-likeness (QED) is 0.580. The second-order valence-corrected chi connectivity index (χ2v) is 9.82. The van der Waals surface area contributed by atoms with Crippen molar-refractivity contribution in [2.45, 2.75) is 64.5 Å². The van der Waals surface area contributed by atoms with Gasteiger partial charge in [-0.1, -0.05) is 44.9 Å². The van der Waals surface area contributed by atoms with Crippen LogP contribution < -0.4 is 5.32 Å². The van der Waals surface area contributed by atoms with Gasteiger partial charge < -0.3 is 5.32 Å². The number of benzene rings is 1. The van der Waals surface area contributed by atoms with E-state index in [0.717, 1.165) is 42.2 Å². The minimum absolute atomic E-state index is 0.0223. The van der Waals surface area contributed by atoms with Crippen molar-refractivity contribution in [2.75, 3.05) is 13.6 Å². The maximum Gasteiger partial charge on any atom is 0.261 e. The van der Waals surface area contributed by atoms with Crippen molar-refractivity contribution in [3.8, 4) is 0 Å². The van der Waals surface area contributed by atoms with E-state index in [4.69, 9.17) is 0 Å². The minimum atomic E-state index is 0.0223. The number of likely N-dealkylation sites (tertiary alicyclic amines) is 1. The second-order valence-electron chi connectivity index (χ2n) is 8.77. The fraction of sp³-hybridized carbons (Fsp3) is 0.480. The highest BCUT2D eigenvalue weighted by Gasteiger charge is 2.26. The van der Waals surface area contributed by atoms with Crippen LogP contribution in [0.2, 0.25) is 0 Å². The van der Waals surface area contributed by atoms with Crippen LogP contribution >= 0.6 is 11.3 Å². The number of nitrogens with zero attached hydrogens (tertiary/aromatic N) is 3. The zero-order valence-electron chi connectivity index (χ0n) is 18.7. The molecule has 4 rings (SSSR count). The fourth-order valence-corrected chi connectivity index (χ4v) is 5.67. The van der Waals surface area contributed by atoms with E-state index in [-0.39, 0.29) is 5.91 Å². The molecule has 1 aliphatic heterocycles. The van der Waals surface area contributed by atoms with E-state index in [1.54, 1.807) is 18.4 Å². The monoisotopic (exact) mass is 436 g/mol. The van der Waals surface area contributed by atoms with Gasteiger partial charge in [0, 0.05) is 48.2 Å².